The molecule has 0 bridgehead atoms. The van der Waals surface area contributed by atoms with E-state index in [0.717, 1.165) is 19.5 Å². The zero-order chi connectivity index (χ0) is 8.43. The van der Waals surface area contributed by atoms with Crippen molar-refractivity contribution in [3.05, 3.63) is 12.2 Å². The normalized spacial score (nSPS) is 23.8. The molecule has 2 nitrogen and oxygen atoms in total. The number of nitrogens with zero attached hydrogens (tertiary/aromatic N) is 1. The summed E-state index contributed by atoms with van der Waals surface area (Å²) in [4.78, 5) is 13.2. The highest BCUT2D eigenvalue weighted by Crippen LogP contribution is 2.16. The molecule has 1 amide bonds. The first-order valence-corrected chi connectivity index (χ1v) is 4.06. The first-order valence-electron chi connectivity index (χ1n) is 4.06. The summed E-state index contributed by atoms with van der Waals surface area (Å²) >= 11 is 0. The molecule has 1 aliphatic heterocycles. The van der Waals surface area contributed by atoms with E-state index in [2.05, 4.69) is 13.5 Å². The van der Waals surface area contributed by atoms with Gasteiger partial charge in [-0.05, 0) is 19.3 Å². The monoisotopic (exact) mass is 153 g/mol. The fourth-order valence-electron chi connectivity index (χ4n) is 1.39. The van der Waals surface area contributed by atoms with E-state index in [1.807, 2.05) is 4.90 Å². The Kier molecular flexibility index (Phi) is 2.32. The maximum absolute atomic E-state index is 11.3. The van der Waals surface area contributed by atoms with Gasteiger partial charge >= 0.3 is 0 Å². The average molecular weight is 153 g/mol. The first-order chi connectivity index (χ1) is 5.11. The maximum Gasteiger partial charge on any atom is 0.248 e. The maximum atomic E-state index is 11.3. The Morgan fingerprint density at radius 3 is 2.64 bits per heavy atom. The molecule has 1 fully saturated rings. The molecule has 2 heteroatoms. The Balaban J connectivity index is 2.50. The summed E-state index contributed by atoms with van der Waals surface area (Å²) in [5, 5.41) is 0. The number of rotatable bonds is 1. The van der Waals surface area contributed by atoms with Crippen molar-refractivity contribution in [2.75, 3.05) is 13.1 Å². The van der Waals surface area contributed by atoms with Gasteiger partial charge in [-0.1, -0.05) is 13.5 Å². The topological polar surface area (TPSA) is 20.3 Å². The van der Waals surface area contributed by atoms with Gasteiger partial charge < -0.3 is 4.90 Å². The molecule has 0 spiro atoms. The second-order valence-corrected chi connectivity index (χ2v) is 3.43. The van der Waals surface area contributed by atoms with Crippen LogP contribution in [0, 0.1) is 5.92 Å². The SMILES string of the molecule is C=C(C)C(=O)N1CC[C@H](C)C1. The van der Waals surface area contributed by atoms with E-state index in [9.17, 15) is 4.79 Å². The van der Waals surface area contributed by atoms with Crippen molar-refractivity contribution in [1.82, 2.24) is 4.90 Å². The van der Waals surface area contributed by atoms with Gasteiger partial charge in [0.05, 0.1) is 0 Å². The number of hydrogen-bond acceptors (Lipinski definition) is 1. The number of hydrogen-bond donors (Lipinski definition) is 0. The fraction of sp³-hybridized carbons (Fsp3) is 0.667. The van der Waals surface area contributed by atoms with Gasteiger partial charge in [-0.2, -0.15) is 0 Å². The molecule has 1 atom stereocenters. The Morgan fingerprint density at radius 2 is 2.27 bits per heavy atom. The molecule has 62 valence electrons. The van der Waals surface area contributed by atoms with E-state index in [-0.39, 0.29) is 5.91 Å². The van der Waals surface area contributed by atoms with Gasteiger partial charge in [-0.3, -0.25) is 4.79 Å². The Bertz CT molecular complexity index is 186. The molecule has 0 N–H and O–H groups in total. The van der Waals surface area contributed by atoms with Gasteiger partial charge in [0.25, 0.3) is 0 Å². The quantitative estimate of drug-likeness (QED) is 0.522. The van der Waals surface area contributed by atoms with Crippen LogP contribution in [-0.2, 0) is 4.79 Å². The lowest BCUT2D eigenvalue weighted by molar-refractivity contribution is -0.126. The van der Waals surface area contributed by atoms with Crippen LogP contribution >= 0.6 is 0 Å². The predicted molar refractivity (Wildman–Crippen MR) is 45.2 cm³/mol. The molecule has 1 aliphatic rings. The van der Waals surface area contributed by atoms with Gasteiger partial charge in [0.15, 0.2) is 0 Å². The smallest absolute Gasteiger partial charge is 0.248 e. The highest BCUT2D eigenvalue weighted by Gasteiger charge is 2.22. The number of carbonyl (C=O) groups excluding carboxylic acids is 1. The molecule has 11 heavy (non-hydrogen) atoms. The third-order valence-electron chi connectivity index (χ3n) is 2.08. The van der Waals surface area contributed by atoms with E-state index in [1.165, 1.54) is 0 Å². The van der Waals surface area contributed by atoms with Crippen LogP contribution in [0.1, 0.15) is 20.3 Å². The summed E-state index contributed by atoms with van der Waals surface area (Å²) in [5.74, 6) is 0.785. The zero-order valence-corrected chi connectivity index (χ0v) is 7.26. The lowest BCUT2D eigenvalue weighted by Crippen LogP contribution is -2.28. The van der Waals surface area contributed by atoms with E-state index in [1.54, 1.807) is 6.92 Å². The molecule has 0 aromatic rings. The fourth-order valence-corrected chi connectivity index (χ4v) is 1.39. The van der Waals surface area contributed by atoms with Crippen molar-refractivity contribution in [2.24, 2.45) is 5.92 Å². The molecular weight excluding hydrogens is 138 g/mol. The summed E-state index contributed by atoms with van der Waals surface area (Å²) in [6.07, 6.45) is 1.14. The second kappa shape index (κ2) is 3.07. The molecule has 0 radical (unpaired) electrons. The van der Waals surface area contributed by atoms with Gasteiger partial charge in [0.1, 0.15) is 0 Å². The molecule has 0 aromatic carbocycles. The first kappa shape index (κ1) is 8.31. The summed E-state index contributed by atoms with van der Waals surface area (Å²) in [5.41, 5.74) is 0.652. The molecular formula is C9H15NO. The predicted octanol–water partition coefficient (Wildman–Crippen LogP) is 1.43. The van der Waals surface area contributed by atoms with E-state index < -0.39 is 0 Å². The van der Waals surface area contributed by atoms with Crippen molar-refractivity contribution in [3.8, 4) is 0 Å². The van der Waals surface area contributed by atoms with Crippen molar-refractivity contribution < 1.29 is 4.79 Å². The van der Waals surface area contributed by atoms with Crippen molar-refractivity contribution in [2.45, 2.75) is 20.3 Å². The summed E-state index contributed by atoms with van der Waals surface area (Å²) in [7, 11) is 0. The minimum atomic E-state index is 0.120. The Labute approximate surface area is 67.9 Å². The van der Waals surface area contributed by atoms with Gasteiger partial charge in [-0.25, -0.2) is 0 Å². The van der Waals surface area contributed by atoms with Crippen LogP contribution in [0.3, 0.4) is 0 Å². The van der Waals surface area contributed by atoms with Crippen LogP contribution in [0.2, 0.25) is 0 Å². The summed E-state index contributed by atoms with van der Waals surface area (Å²) < 4.78 is 0. The average Bonchev–Trinajstić information content (AvgIpc) is 2.34. The van der Waals surface area contributed by atoms with E-state index >= 15 is 0 Å². The molecule has 1 saturated heterocycles. The third-order valence-corrected chi connectivity index (χ3v) is 2.08. The molecule has 0 unspecified atom stereocenters. The van der Waals surface area contributed by atoms with Crippen molar-refractivity contribution in [1.29, 1.82) is 0 Å². The van der Waals surface area contributed by atoms with Crippen LogP contribution < -0.4 is 0 Å². The van der Waals surface area contributed by atoms with Gasteiger partial charge in [-0.15, -0.1) is 0 Å². The molecule has 0 aliphatic carbocycles. The molecule has 0 saturated carbocycles. The Hall–Kier alpha value is -0.790. The summed E-state index contributed by atoms with van der Waals surface area (Å²) in [6.45, 7) is 9.39. The van der Waals surface area contributed by atoms with E-state index in [4.69, 9.17) is 0 Å². The lowest BCUT2D eigenvalue weighted by atomic mass is 10.2. The third kappa shape index (κ3) is 1.82. The largest absolute Gasteiger partial charge is 0.339 e. The second-order valence-electron chi connectivity index (χ2n) is 3.43. The van der Waals surface area contributed by atoms with Crippen molar-refractivity contribution in [3.63, 3.8) is 0 Å². The molecule has 1 rings (SSSR count). The Morgan fingerprint density at radius 1 is 1.64 bits per heavy atom. The highest BCUT2D eigenvalue weighted by atomic mass is 16.2. The highest BCUT2D eigenvalue weighted by molar-refractivity contribution is 5.92. The van der Waals surface area contributed by atoms with Crippen LogP contribution in [0.5, 0.6) is 0 Å². The van der Waals surface area contributed by atoms with Crippen LogP contribution in [0.4, 0.5) is 0 Å². The van der Waals surface area contributed by atoms with E-state index in [0.29, 0.717) is 11.5 Å². The lowest BCUT2D eigenvalue weighted by Gasteiger charge is -2.14. The number of likely N-dealkylation sites (tertiary alicyclic amines) is 1. The van der Waals surface area contributed by atoms with Gasteiger partial charge in [0, 0.05) is 18.7 Å². The van der Waals surface area contributed by atoms with Crippen molar-refractivity contribution >= 4 is 5.91 Å². The standard InChI is InChI=1S/C9H15NO/c1-7(2)9(11)10-5-4-8(3)6-10/h8H,1,4-6H2,2-3H3/t8-/m0/s1. The minimum Gasteiger partial charge on any atom is -0.339 e. The van der Waals surface area contributed by atoms with Crippen LogP contribution in [0.15, 0.2) is 12.2 Å². The van der Waals surface area contributed by atoms with Gasteiger partial charge in [0.2, 0.25) is 5.91 Å². The minimum absolute atomic E-state index is 0.120. The summed E-state index contributed by atoms with van der Waals surface area (Å²) in [6, 6.07) is 0. The number of carbonyl (C=O) groups is 1. The van der Waals surface area contributed by atoms with Crippen LogP contribution in [0.25, 0.3) is 0 Å². The van der Waals surface area contributed by atoms with Crippen LogP contribution in [-0.4, -0.2) is 23.9 Å². The molecule has 1 heterocycles. The molecule has 0 aromatic heterocycles. The zero-order valence-electron chi connectivity index (χ0n) is 7.26. The number of amides is 1.